The number of nitrogens with one attached hydrogen (secondary N) is 4. The first-order valence-electron chi connectivity index (χ1n) is 7.38. The van der Waals surface area contributed by atoms with Crippen molar-refractivity contribution in [1.82, 2.24) is 9.44 Å². The molecule has 12 heteroatoms. The zero-order valence-electron chi connectivity index (χ0n) is 13.7. The molecular formula is C15H16N4O6S2. The van der Waals surface area contributed by atoms with E-state index in [4.69, 9.17) is 0 Å². The van der Waals surface area contributed by atoms with Gasteiger partial charge in [0.15, 0.2) is 5.08 Å². The Labute approximate surface area is 156 Å². The van der Waals surface area contributed by atoms with Crippen LogP contribution in [0.5, 0.6) is 0 Å². The lowest BCUT2D eigenvalue weighted by Gasteiger charge is -2.10. The molecule has 4 amide bonds. The largest absolute Gasteiger partial charge is 0.332 e. The molecule has 0 spiro atoms. The van der Waals surface area contributed by atoms with E-state index in [0.717, 1.165) is 0 Å². The van der Waals surface area contributed by atoms with Crippen molar-refractivity contribution in [3.05, 3.63) is 60.7 Å². The van der Waals surface area contributed by atoms with Gasteiger partial charge in [0.1, 0.15) is 0 Å². The van der Waals surface area contributed by atoms with Crippen molar-refractivity contribution in [3.63, 3.8) is 0 Å². The van der Waals surface area contributed by atoms with E-state index < -0.39 is 37.2 Å². The number of carbonyl (C=O) groups is 2. The Bertz CT molecular complexity index is 925. The lowest BCUT2D eigenvalue weighted by atomic mass is 10.3. The molecule has 144 valence electrons. The molecule has 10 nitrogen and oxygen atoms in total. The maximum atomic E-state index is 11.9. The van der Waals surface area contributed by atoms with Gasteiger partial charge < -0.3 is 10.6 Å². The van der Waals surface area contributed by atoms with E-state index >= 15 is 0 Å². The maximum Gasteiger partial charge on any atom is 0.332 e. The lowest BCUT2D eigenvalue weighted by Crippen LogP contribution is -2.43. The van der Waals surface area contributed by atoms with Gasteiger partial charge in [-0.1, -0.05) is 36.4 Å². The van der Waals surface area contributed by atoms with Crippen molar-refractivity contribution < 1.29 is 26.4 Å². The third-order valence-electron chi connectivity index (χ3n) is 2.87. The Morgan fingerprint density at radius 3 is 1.30 bits per heavy atom. The zero-order valence-corrected chi connectivity index (χ0v) is 15.4. The SMILES string of the molecule is O=C(Nc1ccccc1)NS(=O)(=O)CS(=O)(=O)NC(=O)Nc1ccccc1. The first-order valence-corrected chi connectivity index (χ1v) is 10.7. The number of hydrogen-bond acceptors (Lipinski definition) is 6. The van der Waals surface area contributed by atoms with Crippen LogP contribution < -0.4 is 20.1 Å². The van der Waals surface area contributed by atoms with Crippen LogP contribution in [0.4, 0.5) is 21.0 Å². The van der Waals surface area contributed by atoms with E-state index in [1.54, 1.807) is 45.8 Å². The summed E-state index contributed by atoms with van der Waals surface area (Å²) in [4.78, 5) is 23.4. The van der Waals surface area contributed by atoms with Gasteiger partial charge in [-0.15, -0.1) is 0 Å². The molecule has 27 heavy (non-hydrogen) atoms. The van der Waals surface area contributed by atoms with Gasteiger partial charge in [-0.2, -0.15) is 0 Å². The van der Waals surface area contributed by atoms with E-state index in [1.807, 2.05) is 0 Å². The summed E-state index contributed by atoms with van der Waals surface area (Å²) < 4.78 is 50.6. The van der Waals surface area contributed by atoms with Crippen molar-refractivity contribution in [2.24, 2.45) is 0 Å². The molecule has 0 heterocycles. The summed E-state index contributed by atoms with van der Waals surface area (Å²) in [5, 5.41) is 2.96. The predicted octanol–water partition coefficient (Wildman–Crippen LogP) is 1.25. The van der Waals surface area contributed by atoms with E-state index in [0.29, 0.717) is 11.4 Å². The van der Waals surface area contributed by atoms with E-state index in [2.05, 4.69) is 10.6 Å². The molecule has 0 aliphatic heterocycles. The van der Waals surface area contributed by atoms with Crippen LogP contribution in [0.3, 0.4) is 0 Å². The van der Waals surface area contributed by atoms with Crippen LogP contribution >= 0.6 is 0 Å². The highest BCUT2D eigenvalue weighted by molar-refractivity contribution is 8.06. The number of anilines is 2. The van der Waals surface area contributed by atoms with Gasteiger partial charge in [-0.05, 0) is 24.3 Å². The van der Waals surface area contributed by atoms with E-state index in [9.17, 15) is 26.4 Å². The Hall–Kier alpha value is -3.12. The van der Waals surface area contributed by atoms with Gasteiger partial charge in [-0.25, -0.2) is 35.9 Å². The maximum absolute atomic E-state index is 11.9. The van der Waals surface area contributed by atoms with Gasteiger partial charge in [-0.3, -0.25) is 0 Å². The minimum absolute atomic E-state index is 0.313. The predicted molar refractivity (Wildman–Crippen MR) is 99.9 cm³/mol. The van der Waals surface area contributed by atoms with Gasteiger partial charge >= 0.3 is 12.1 Å². The van der Waals surface area contributed by atoms with Crippen LogP contribution in [0.2, 0.25) is 0 Å². The van der Waals surface area contributed by atoms with Crippen LogP contribution in [-0.2, 0) is 20.0 Å². The summed E-state index contributed by atoms with van der Waals surface area (Å²) in [5.41, 5.74) is 0.627. The minimum Gasteiger partial charge on any atom is -0.307 e. The zero-order chi connectivity index (χ0) is 19.9. The molecule has 0 radical (unpaired) electrons. The molecule has 0 atom stereocenters. The fourth-order valence-corrected chi connectivity index (χ4v) is 4.67. The van der Waals surface area contributed by atoms with E-state index in [-0.39, 0.29) is 0 Å². The molecule has 2 aromatic carbocycles. The average molecular weight is 412 g/mol. The quantitative estimate of drug-likeness (QED) is 0.561. The third-order valence-corrected chi connectivity index (χ3v) is 6.35. The monoisotopic (exact) mass is 412 g/mol. The first kappa shape index (κ1) is 20.2. The highest BCUT2D eigenvalue weighted by Crippen LogP contribution is 2.06. The number of hydrogen-bond donors (Lipinski definition) is 4. The molecule has 0 aliphatic rings. The van der Waals surface area contributed by atoms with Crippen molar-refractivity contribution in [3.8, 4) is 0 Å². The van der Waals surface area contributed by atoms with Crippen LogP contribution in [0.15, 0.2) is 60.7 Å². The molecule has 0 saturated carbocycles. The molecule has 0 aromatic heterocycles. The second kappa shape index (κ2) is 8.51. The first-order chi connectivity index (χ1) is 12.7. The summed E-state index contributed by atoms with van der Waals surface area (Å²) in [5.74, 6) is 0. The number of rotatable bonds is 6. The third kappa shape index (κ3) is 7.33. The van der Waals surface area contributed by atoms with Crippen LogP contribution in [-0.4, -0.2) is 34.0 Å². The Kier molecular flexibility index (Phi) is 6.36. The molecule has 0 bridgehead atoms. The Morgan fingerprint density at radius 2 is 0.963 bits per heavy atom. The Balaban J connectivity index is 1.92. The molecule has 0 fully saturated rings. The van der Waals surface area contributed by atoms with Crippen molar-refractivity contribution in [2.45, 2.75) is 0 Å². The molecule has 0 unspecified atom stereocenters. The smallest absolute Gasteiger partial charge is 0.307 e. The molecular weight excluding hydrogens is 396 g/mol. The van der Waals surface area contributed by atoms with Gasteiger partial charge in [0, 0.05) is 11.4 Å². The highest BCUT2D eigenvalue weighted by Gasteiger charge is 2.26. The van der Waals surface area contributed by atoms with Gasteiger partial charge in [0.25, 0.3) is 20.0 Å². The molecule has 0 saturated heterocycles. The number of benzene rings is 2. The Morgan fingerprint density at radius 1 is 0.630 bits per heavy atom. The second-order valence-electron chi connectivity index (χ2n) is 5.19. The summed E-state index contributed by atoms with van der Waals surface area (Å²) >= 11 is 0. The van der Waals surface area contributed by atoms with Crippen LogP contribution in [0, 0.1) is 0 Å². The van der Waals surface area contributed by atoms with Gasteiger partial charge in [0.2, 0.25) is 0 Å². The summed E-state index contributed by atoms with van der Waals surface area (Å²) in [7, 11) is -9.14. The number of amides is 4. The summed E-state index contributed by atoms with van der Waals surface area (Å²) in [6, 6.07) is 13.6. The number of para-hydroxylation sites is 2. The normalized spacial score (nSPS) is 11.3. The molecule has 4 N–H and O–H groups in total. The number of urea groups is 2. The summed E-state index contributed by atoms with van der Waals surface area (Å²) in [6.45, 7) is 0. The molecule has 2 aromatic rings. The van der Waals surface area contributed by atoms with Gasteiger partial charge in [0.05, 0.1) is 0 Å². The highest BCUT2D eigenvalue weighted by atomic mass is 32.3. The standard InChI is InChI=1S/C15H16N4O6S2/c20-14(16-12-7-3-1-4-8-12)18-26(22,23)11-27(24,25)19-15(21)17-13-9-5-2-6-10-13/h1-10H,11H2,(H2,16,18,20)(H2,17,19,21). The lowest BCUT2D eigenvalue weighted by molar-refractivity contribution is 0.256. The number of carbonyl (C=O) groups excluding carboxylic acids is 2. The van der Waals surface area contributed by atoms with Crippen molar-refractivity contribution in [1.29, 1.82) is 0 Å². The second-order valence-corrected chi connectivity index (χ2v) is 9.00. The van der Waals surface area contributed by atoms with Crippen LogP contribution in [0.1, 0.15) is 0 Å². The fraction of sp³-hybridized carbons (Fsp3) is 0.0667. The fourth-order valence-electron chi connectivity index (χ4n) is 1.90. The minimum atomic E-state index is -4.57. The topological polar surface area (TPSA) is 151 Å². The van der Waals surface area contributed by atoms with Crippen molar-refractivity contribution in [2.75, 3.05) is 15.7 Å². The summed E-state index contributed by atoms with van der Waals surface area (Å²) in [6.07, 6.45) is 0. The van der Waals surface area contributed by atoms with E-state index in [1.165, 1.54) is 24.3 Å². The molecule has 2 rings (SSSR count). The number of sulfonamides is 2. The average Bonchev–Trinajstić information content (AvgIpc) is 2.54. The van der Waals surface area contributed by atoms with Crippen LogP contribution in [0.25, 0.3) is 0 Å². The molecule has 0 aliphatic carbocycles. The van der Waals surface area contributed by atoms with Crippen molar-refractivity contribution >= 4 is 43.5 Å².